The number of hydrogen-bond donors (Lipinski definition) is 1. The lowest BCUT2D eigenvalue weighted by atomic mass is 10.1. The highest BCUT2D eigenvalue weighted by atomic mass is 19.1. The van der Waals surface area contributed by atoms with Gasteiger partial charge in [0.15, 0.2) is 0 Å². The molecule has 0 aliphatic rings. The lowest BCUT2D eigenvalue weighted by Gasteiger charge is -2.13. The molecule has 0 aliphatic heterocycles. The zero-order valence-corrected chi connectivity index (χ0v) is 15.6. The first-order valence-electron chi connectivity index (χ1n) is 9.08. The van der Waals surface area contributed by atoms with Crippen LogP contribution in [0.1, 0.15) is 27.8 Å². The van der Waals surface area contributed by atoms with Gasteiger partial charge in [-0.3, -0.25) is 9.36 Å². The van der Waals surface area contributed by atoms with Gasteiger partial charge in [0.2, 0.25) is 0 Å². The van der Waals surface area contributed by atoms with E-state index >= 15 is 0 Å². The van der Waals surface area contributed by atoms with Crippen LogP contribution in [0.15, 0.2) is 72.8 Å². The van der Waals surface area contributed by atoms with E-state index in [1.165, 1.54) is 18.2 Å². The van der Waals surface area contributed by atoms with Crippen LogP contribution in [0.5, 0.6) is 0 Å². The third-order valence-electron chi connectivity index (χ3n) is 4.72. The summed E-state index contributed by atoms with van der Waals surface area (Å²) in [6, 6.07) is 21.8. The van der Waals surface area contributed by atoms with Crippen molar-refractivity contribution in [1.82, 2.24) is 14.9 Å². The van der Waals surface area contributed by atoms with E-state index in [0.29, 0.717) is 11.1 Å². The number of rotatable bonds is 4. The lowest BCUT2D eigenvalue weighted by molar-refractivity contribution is 0.0945. The van der Waals surface area contributed by atoms with E-state index in [9.17, 15) is 14.4 Å². The topological polar surface area (TPSA) is 70.7 Å². The van der Waals surface area contributed by atoms with Crippen molar-refractivity contribution >= 4 is 16.9 Å². The van der Waals surface area contributed by atoms with Gasteiger partial charge in [-0.2, -0.15) is 5.26 Å². The minimum Gasteiger partial charge on any atom is -0.332 e. The Kier molecular flexibility index (Phi) is 4.80. The Morgan fingerprint density at radius 2 is 1.83 bits per heavy atom. The molecule has 0 fully saturated rings. The second-order valence-electron chi connectivity index (χ2n) is 6.59. The van der Waals surface area contributed by atoms with E-state index in [4.69, 9.17) is 0 Å². The molecule has 4 rings (SSSR count). The Bertz CT molecular complexity index is 1240. The third-order valence-corrected chi connectivity index (χ3v) is 4.72. The van der Waals surface area contributed by atoms with E-state index in [-0.39, 0.29) is 5.56 Å². The molecular weight excluding hydrogens is 367 g/mol. The predicted molar refractivity (Wildman–Crippen MR) is 108 cm³/mol. The highest BCUT2D eigenvalue weighted by Crippen LogP contribution is 2.23. The van der Waals surface area contributed by atoms with Crippen molar-refractivity contribution in [3.63, 3.8) is 0 Å². The maximum Gasteiger partial charge on any atom is 0.252 e. The quantitative estimate of drug-likeness (QED) is 0.564. The van der Waals surface area contributed by atoms with Gasteiger partial charge in [0, 0.05) is 16.8 Å². The molecule has 1 N–H and O–H groups in total. The van der Waals surface area contributed by atoms with Gasteiger partial charge in [-0.1, -0.05) is 36.4 Å². The third kappa shape index (κ3) is 3.46. The molecule has 1 amide bonds. The fourth-order valence-corrected chi connectivity index (χ4v) is 3.35. The maximum atomic E-state index is 14.0. The zero-order chi connectivity index (χ0) is 20.4. The summed E-state index contributed by atoms with van der Waals surface area (Å²) in [6.07, 6.45) is 0. The molecule has 1 atom stereocenters. The predicted octanol–water partition coefficient (Wildman–Crippen LogP) is 4.47. The summed E-state index contributed by atoms with van der Waals surface area (Å²) in [5.74, 6) is -0.203. The van der Waals surface area contributed by atoms with Gasteiger partial charge >= 0.3 is 0 Å². The molecule has 5 nitrogen and oxygen atoms in total. The SMILES string of the molecule is Cc1nc2cc(C(=O)NC(C#N)c3ccccc3F)ccc2n1-c1ccccc1. The number of benzene rings is 3. The van der Waals surface area contributed by atoms with Crippen molar-refractivity contribution in [3.8, 4) is 11.8 Å². The Labute approximate surface area is 167 Å². The molecule has 29 heavy (non-hydrogen) atoms. The Morgan fingerprint density at radius 1 is 1.10 bits per heavy atom. The van der Waals surface area contributed by atoms with Gasteiger partial charge in [0.25, 0.3) is 5.91 Å². The fraction of sp³-hybridized carbons (Fsp3) is 0.0870. The summed E-state index contributed by atoms with van der Waals surface area (Å²) < 4.78 is 16.0. The first kappa shape index (κ1) is 18.4. The largest absolute Gasteiger partial charge is 0.332 e. The number of fused-ring (bicyclic) bond motifs is 1. The molecule has 1 unspecified atom stereocenters. The zero-order valence-electron chi connectivity index (χ0n) is 15.6. The monoisotopic (exact) mass is 384 g/mol. The molecule has 1 heterocycles. The highest BCUT2D eigenvalue weighted by molar-refractivity contribution is 5.98. The number of nitrogens with zero attached hydrogens (tertiary/aromatic N) is 3. The summed E-state index contributed by atoms with van der Waals surface area (Å²) in [6.45, 7) is 1.90. The van der Waals surface area contributed by atoms with Crippen molar-refractivity contribution in [2.45, 2.75) is 13.0 Å². The molecule has 142 valence electrons. The number of hydrogen-bond acceptors (Lipinski definition) is 3. The van der Waals surface area contributed by atoms with Crippen LogP contribution in [0, 0.1) is 24.1 Å². The second kappa shape index (κ2) is 7.56. The van der Waals surface area contributed by atoms with Gasteiger partial charge in [0.05, 0.1) is 17.1 Å². The average Bonchev–Trinajstić information content (AvgIpc) is 3.08. The Morgan fingerprint density at radius 3 is 2.55 bits per heavy atom. The number of aryl methyl sites for hydroxylation is 1. The Hall–Kier alpha value is -3.98. The molecule has 6 heteroatoms. The van der Waals surface area contributed by atoms with Gasteiger partial charge in [0.1, 0.15) is 17.7 Å². The summed E-state index contributed by atoms with van der Waals surface area (Å²) in [4.78, 5) is 17.2. The Balaban J connectivity index is 1.66. The van der Waals surface area contributed by atoms with E-state index in [1.54, 1.807) is 18.2 Å². The van der Waals surface area contributed by atoms with Crippen LogP contribution >= 0.6 is 0 Å². The number of para-hydroxylation sites is 1. The molecule has 0 radical (unpaired) electrons. The minimum absolute atomic E-state index is 0.133. The van der Waals surface area contributed by atoms with Crippen LogP contribution in [0.3, 0.4) is 0 Å². The number of carbonyl (C=O) groups is 1. The van der Waals surface area contributed by atoms with Gasteiger partial charge in [-0.25, -0.2) is 9.37 Å². The molecule has 0 spiro atoms. The van der Waals surface area contributed by atoms with Crippen molar-refractivity contribution in [2.24, 2.45) is 0 Å². The smallest absolute Gasteiger partial charge is 0.252 e. The second-order valence-corrected chi connectivity index (χ2v) is 6.59. The molecule has 0 aliphatic carbocycles. The number of nitrogens with one attached hydrogen (secondary N) is 1. The van der Waals surface area contributed by atoms with Gasteiger partial charge in [-0.05, 0) is 43.3 Å². The molecule has 0 bridgehead atoms. The molecule has 0 saturated carbocycles. The van der Waals surface area contributed by atoms with Crippen molar-refractivity contribution in [1.29, 1.82) is 5.26 Å². The van der Waals surface area contributed by atoms with Crippen LogP contribution < -0.4 is 5.32 Å². The van der Waals surface area contributed by atoms with Crippen molar-refractivity contribution < 1.29 is 9.18 Å². The normalized spacial score (nSPS) is 11.8. The summed E-state index contributed by atoms with van der Waals surface area (Å²) in [7, 11) is 0. The molecular formula is C23H17FN4O. The van der Waals surface area contributed by atoms with E-state index in [1.807, 2.05) is 54.0 Å². The molecule has 1 aromatic heterocycles. The number of aromatic nitrogens is 2. The van der Waals surface area contributed by atoms with Crippen LogP contribution in [0.2, 0.25) is 0 Å². The lowest BCUT2D eigenvalue weighted by Crippen LogP contribution is -2.28. The first-order valence-corrected chi connectivity index (χ1v) is 9.08. The summed E-state index contributed by atoms with van der Waals surface area (Å²) in [5, 5.41) is 12.0. The number of amides is 1. The van der Waals surface area contributed by atoms with Crippen LogP contribution in [0.4, 0.5) is 4.39 Å². The fourth-order valence-electron chi connectivity index (χ4n) is 3.35. The van der Waals surface area contributed by atoms with E-state index in [2.05, 4.69) is 10.3 Å². The van der Waals surface area contributed by atoms with Crippen molar-refractivity contribution in [3.05, 3.63) is 95.6 Å². The number of imidazole rings is 1. The standard InChI is InChI=1S/C23H17FN4O/c1-15-26-20-13-16(11-12-22(20)28(15)17-7-3-2-4-8-17)23(29)27-21(14-25)18-9-5-6-10-19(18)24/h2-13,21H,1H3,(H,27,29). The van der Waals surface area contributed by atoms with Crippen LogP contribution in [-0.4, -0.2) is 15.5 Å². The summed E-state index contributed by atoms with van der Waals surface area (Å²) in [5.41, 5.74) is 3.00. The average molecular weight is 384 g/mol. The van der Waals surface area contributed by atoms with Crippen molar-refractivity contribution in [2.75, 3.05) is 0 Å². The van der Waals surface area contributed by atoms with Gasteiger partial charge in [-0.15, -0.1) is 0 Å². The molecule has 0 saturated heterocycles. The first-order chi connectivity index (χ1) is 14.1. The minimum atomic E-state index is -1.08. The maximum absolute atomic E-state index is 14.0. The van der Waals surface area contributed by atoms with E-state index in [0.717, 1.165) is 17.0 Å². The molecule has 3 aromatic carbocycles. The van der Waals surface area contributed by atoms with Crippen LogP contribution in [0.25, 0.3) is 16.7 Å². The number of carbonyl (C=O) groups excluding carboxylic acids is 1. The number of halogens is 1. The van der Waals surface area contributed by atoms with Crippen LogP contribution in [-0.2, 0) is 0 Å². The molecule has 4 aromatic rings. The van der Waals surface area contributed by atoms with Gasteiger partial charge < -0.3 is 5.32 Å². The summed E-state index contributed by atoms with van der Waals surface area (Å²) >= 11 is 0. The highest BCUT2D eigenvalue weighted by Gasteiger charge is 2.19. The number of nitriles is 1. The van der Waals surface area contributed by atoms with E-state index < -0.39 is 17.8 Å².